The molecular weight excluding hydrogens is 548 g/mol. The van der Waals surface area contributed by atoms with E-state index in [1.54, 1.807) is 27.7 Å². The number of rotatable bonds is 6. The van der Waals surface area contributed by atoms with E-state index < -0.39 is 71.4 Å². The molecule has 0 aromatic rings. The number of carbonyl (C=O) groups excluding carboxylic acids is 4. The number of hydrogen-bond acceptors (Lipinski definition) is 12. The molecule has 240 valence electrons. The van der Waals surface area contributed by atoms with Crippen LogP contribution in [0.15, 0.2) is 12.2 Å². The summed E-state index contributed by atoms with van der Waals surface area (Å²) in [5.74, 6) is -4.82. The molecule has 0 bridgehead atoms. The number of ether oxygens (including phenoxy) is 6. The first-order chi connectivity index (χ1) is 19.4. The second kappa shape index (κ2) is 14.5. The minimum Gasteiger partial charge on any atom is -0.455 e. The van der Waals surface area contributed by atoms with Crippen molar-refractivity contribution in [1.29, 1.82) is 0 Å². The molecule has 0 aromatic heterocycles. The molecule has 0 aromatic carbocycles. The summed E-state index contributed by atoms with van der Waals surface area (Å²) in [6, 6.07) is -0.239. The zero-order valence-electron chi connectivity index (χ0n) is 26.9. The maximum Gasteiger partial charge on any atom is 0.318 e. The lowest BCUT2D eigenvalue weighted by molar-refractivity contribution is -0.297. The van der Waals surface area contributed by atoms with Crippen LogP contribution in [0.2, 0.25) is 0 Å². The summed E-state index contributed by atoms with van der Waals surface area (Å²) in [6.07, 6.45) is -0.933. The van der Waals surface area contributed by atoms with Gasteiger partial charge in [0.15, 0.2) is 24.0 Å². The average molecular weight is 599 g/mol. The molecule has 11 atom stereocenters. The van der Waals surface area contributed by atoms with Crippen molar-refractivity contribution in [2.24, 2.45) is 23.5 Å². The van der Waals surface area contributed by atoms with Crippen LogP contribution in [-0.4, -0.2) is 105 Å². The van der Waals surface area contributed by atoms with Crippen LogP contribution < -0.4 is 5.73 Å². The normalized spacial score (nSPS) is 41.6. The van der Waals surface area contributed by atoms with E-state index in [4.69, 9.17) is 34.2 Å². The Hall–Kier alpha value is -2.22. The number of nitrogens with zero attached hydrogens (tertiary/aromatic N) is 1. The van der Waals surface area contributed by atoms with Gasteiger partial charge in [0.2, 0.25) is 6.29 Å². The molecule has 2 rings (SSSR count). The van der Waals surface area contributed by atoms with E-state index in [1.807, 2.05) is 25.9 Å². The van der Waals surface area contributed by atoms with E-state index >= 15 is 0 Å². The van der Waals surface area contributed by atoms with Gasteiger partial charge in [-0.15, -0.1) is 0 Å². The summed E-state index contributed by atoms with van der Waals surface area (Å²) in [5, 5.41) is 0. The number of Topliss-reactive ketones (excluding diaryl/α,β-unsaturated/α-hetero) is 1. The fraction of sp³-hybridized carbons (Fsp3) is 0.800. The third-order valence-corrected chi connectivity index (χ3v) is 8.33. The molecule has 42 heavy (non-hydrogen) atoms. The number of esters is 2. The Morgan fingerprint density at radius 3 is 2.24 bits per heavy atom. The molecule has 0 aliphatic carbocycles. The van der Waals surface area contributed by atoms with Gasteiger partial charge >= 0.3 is 11.9 Å². The molecule has 2 heterocycles. The Kier molecular flexibility index (Phi) is 12.4. The van der Waals surface area contributed by atoms with E-state index in [9.17, 15) is 19.2 Å². The third-order valence-electron chi connectivity index (χ3n) is 8.33. The summed E-state index contributed by atoms with van der Waals surface area (Å²) < 4.78 is 35.3. The first-order valence-corrected chi connectivity index (χ1v) is 14.4. The van der Waals surface area contributed by atoms with Crippen LogP contribution in [-0.2, 0) is 47.6 Å². The zero-order chi connectivity index (χ0) is 32.2. The number of ketones is 2. The standard InChI is InChI=1S/C30H50N2O10/c1-16-15-30(7,38-11)25(41-27-24(40-20(5)33)21(32(8)9)14-17(2)39-27)18(3)23(35)19(4)26(36)42-28(37-10)29(6,31)13-12-22(16)34/h12-13,16-19,21,24-25,27-28H,14-15,31H2,1-11H3/b13-12+/t16?,17-,18+,19-,21+,24-,25-,27?,28+,29+,30+/m1/s1. The van der Waals surface area contributed by atoms with Gasteiger partial charge in [0.25, 0.3) is 0 Å². The van der Waals surface area contributed by atoms with Crippen molar-refractivity contribution >= 4 is 23.5 Å². The number of carbonyl (C=O) groups is 4. The van der Waals surface area contributed by atoms with E-state index in [1.165, 1.54) is 40.2 Å². The molecule has 1 fully saturated rings. The predicted molar refractivity (Wildman–Crippen MR) is 153 cm³/mol. The Morgan fingerprint density at radius 1 is 1.10 bits per heavy atom. The molecule has 2 aliphatic heterocycles. The van der Waals surface area contributed by atoms with Crippen LogP contribution in [0.3, 0.4) is 0 Å². The van der Waals surface area contributed by atoms with Crippen LogP contribution >= 0.6 is 0 Å². The molecule has 0 saturated carbocycles. The summed E-state index contributed by atoms with van der Waals surface area (Å²) in [7, 11) is 6.53. The van der Waals surface area contributed by atoms with Crippen molar-refractivity contribution in [2.75, 3.05) is 28.3 Å². The topological polar surface area (TPSA) is 153 Å². The van der Waals surface area contributed by atoms with Crippen molar-refractivity contribution in [2.45, 2.75) is 109 Å². The number of likely N-dealkylation sites (N-methyl/N-ethyl adjacent to an activating group) is 1. The number of nitrogens with two attached hydrogens (primary N) is 1. The Morgan fingerprint density at radius 2 is 1.71 bits per heavy atom. The third kappa shape index (κ3) is 8.45. The molecule has 2 aliphatic rings. The van der Waals surface area contributed by atoms with Crippen molar-refractivity contribution in [1.82, 2.24) is 4.90 Å². The van der Waals surface area contributed by atoms with Gasteiger partial charge in [-0.05, 0) is 60.7 Å². The number of methoxy groups -OCH3 is 2. The fourth-order valence-electron chi connectivity index (χ4n) is 5.72. The van der Waals surface area contributed by atoms with Crippen molar-refractivity contribution < 1.29 is 47.6 Å². The highest BCUT2D eigenvalue weighted by molar-refractivity contribution is 6.00. The van der Waals surface area contributed by atoms with E-state index in [0.717, 1.165) is 0 Å². The van der Waals surface area contributed by atoms with Gasteiger partial charge in [-0.2, -0.15) is 0 Å². The van der Waals surface area contributed by atoms with Crippen molar-refractivity contribution in [3.05, 3.63) is 12.2 Å². The Balaban J connectivity index is 2.64. The minimum absolute atomic E-state index is 0.153. The lowest BCUT2D eigenvalue weighted by Gasteiger charge is -2.47. The van der Waals surface area contributed by atoms with Gasteiger partial charge < -0.3 is 39.1 Å². The predicted octanol–water partition coefficient (Wildman–Crippen LogP) is 2.01. The molecule has 1 saturated heterocycles. The summed E-state index contributed by atoms with van der Waals surface area (Å²) >= 11 is 0. The second-order valence-corrected chi connectivity index (χ2v) is 12.4. The first kappa shape index (κ1) is 36.0. The van der Waals surface area contributed by atoms with Gasteiger partial charge in [0.05, 0.1) is 29.4 Å². The molecule has 2 unspecified atom stereocenters. The second-order valence-electron chi connectivity index (χ2n) is 12.4. The zero-order valence-corrected chi connectivity index (χ0v) is 26.9. The van der Waals surface area contributed by atoms with Crippen LogP contribution in [0, 0.1) is 17.8 Å². The summed E-state index contributed by atoms with van der Waals surface area (Å²) in [4.78, 5) is 54.3. The van der Waals surface area contributed by atoms with E-state index in [2.05, 4.69) is 0 Å². The van der Waals surface area contributed by atoms with Gasteiger partial charge in [-0.25, -0.2) is 0 Å². The summed E-state index contributed by atoms with van der Waals surface area (Å²) in [6.45, 7) is 11.3. The molecule has 0 amide bonds. The number of cyclic esters (lactones) is 1. The highest BCUT2D eigenvalue weighted by atomic mass is 16.7. The molecule has 0 radical (unpaired) electrons. The quantitative estimate of drug-likeness (QED) is 0.351. The SMILES string of the molecule is CO[C@H]1OC(=O)[C@H](C)C(=O)[C@H](C)[C@@H](OC2O[C@H](C)C[C@H](N(C)C)[C@H]2OC(C)=O)[C@@](C)(OC)CC(C)C(=O)/C=C/[C@]1(C)N. The number of hydrogen-bond donors (Lipinski definition) is 1. The monoisotopic (exact) mass is 598 g/mol. The fourth-order valence-corrected chi connectivity index (χ4v) is 5.72. The maximum absolute atomic E-state index is 13.9. The van der Waals surface area contributed by atoms with E-state index in [0.29, 0.717) is 6.42 Å². The van der Waals surface area contributed by atoms with Crippen LogP contribution in [0.25, 0.3) is 0 Å². The van der Waals surface area contributed by atoms with Gasteiger partial charge in [0, 0.05) is 33.0 Å². The largest absolute Gasteiger partial charge is 0.455 e. The van der Waals surface area contributed by atoms with E-state index in [-0.39, 0.29) is 24.3 Å². The summed E-state index contributed by atoms with van der Waals surface area (Å²) in [5.41, 5.74) is 3.77. The van der Waals surface area contributed by atoms with Gasteiger partial charge in [-0.1, -0.05) is 19.9 Å². The smallest absolute Gasteiger partial charge is 0.318 e. The molecule has 2 N–H and O–H groups in total. The van der Waals surface area contributed by atoms with Crippen LogP contribution in [0.5, 0.6) is 0 Å². The maximum atomic E-state index is 13.9. The van der Waals surface area contributed by atoms with Crippen molar-refractivity contribution in [3.8, 4) is 0 Å². The molecule has 12 heteroatoms. The van der Waals surface area contributed by atoms with Gasteiger partial charge in [0.1, 0.15) is 5.92 Å². The average Bonchev–Trinajstić information content (AvgIpc) is 2.91. The lowest BCUT2D eigenvalue weighted by Crippen LogP contribution is -2.60. The molecule has 0 spiro atoms. The highest BCUT2D eigenvalue weighted by Gasteiger charge is 2.50. The van der Waals surface area contributed by atoms with Crippen molar-refractivity contribution in [3.63, 3.8) is 0 Å². The lowest BCUT2D eigenvalue weighted by atomic mass is 9.77. The molecular formula is C30H50N2O10. The number of allylic oxidation sites excluding steroid dienone is 1. The highest BCUT2D eigenvalue weighted by Crippen LogP contribution is 2.37. The first-order valence-electron chi connectivity index (χ1n) is 14.4. The Bertz CT molecular complexity index is 1010. The Labute approximate surface area is 249 Å². The van der Waals surface area contributed by atoms with Crippen LogP contribution in [0.4, 0.5) is 0 Å². The van der Waals surface area contributed by atoms with Gasteiger partial charge in [-0.3, -0.25) is 19.2 Å². The molecule has 12 nitrogen and oxygen atoms in total. The van der Waals surface area contributed by atoms with Crippen LogP contribution in [0.1, 0.15) is 61.3 Å². The minimum atomic E-state index is -1.35.